The van der Waals surface area contributed by atoms with Gasteiger partial charge >= 0.3 is 0 Å². The van der Waals surface area contributed by atoms with Crippen LogP contribution in [0.5, 0.6) is 0 Å². The van der Waals surface area contributed by atoms with Crippen LogP contribution in [0.2, 0.25) is 0 Å². The molecule has 0 unspecified atom stereocenters. The molecule has 0 amide bonds. The minimum Gasteiger partial charge on any atom is -0.370 e. The molecule has 1 saturated carbocycles. The second-order valence-electron chi connectivity index (χ2n) is 6.41. The van der Waals surface area contributed by atoms with Crippen molar-refractivity contribution >= 4 is 11.8 Å². The Bertz CT molecular complexity index is 631. The van der Waals surface area contributed by atoms with E-state index in [4.69, 9.17) is 5.73 Å². The van der Waals surface area contributed by atoms with E-state index in [-0.39, 0.29) is 5.41 Å². The van der Waals surface area contributed by atoms with Gasteiger partial charge in [-0.25, -0.2) is 4.98 Å². The Hall–Kier alpha value is -2.36. The molecule has 0 atom stereocenters. The van der Waals surface area contributed by atoms with Gasteiger partial charge in [-0.1, -0.05) is 49.2 Å². The average Bonchev–Trinajstić information content (AvgIpc) is 3.04. The summed E-state index contributed by atoms with van der Waals surface area (Å²) in [7, 11) is 0. The molecular formula is C19H24N4. The van der Waals surface area contributed by atoms with Crippen LogP contribution in [0.4, 0.5) is 5.82 Å². The van der Waals surface area contributed by atoms with Crippen molar-refractivity contribution in [1.29, 1.82) is 0 Å². The van der Waals surface area contributed by atoms with Crippen molar-refractivity contribution in [1.82, 2.24) is 4.98 Å². The van der Waals surface area contributed by atoms with Crippen LogP contribution in [0, 0.1) is 5.41 Å². The molecule has 1 aliphatic rings. The zero-order valence-electron chi connectivity index (χ0n) is 13.4. The number of hydrogen-bond donors (Lipinski definition) is 2. The maximum Gasteiger partial charge on any atom is 0.194 e. The number of hydrogen-bond acceptors (Lipinski definition) is 2. The Morgan fingerprint density at radius 3 is 2.52 bits per heavy atom. The molecule has 23 heavy (non-hydrogen) atoms. The normalized spacial score (nSPS) is 17.1. The van der Waals surface area contributed by atoms with Crippen LogP contribution in [-0.4, -0.2) is 17.5 Å². The molecule has 0 aliphatic heterocycles. The van der Waals surface area contributed by atoms with Gasteiger partial charge in [-0.2, -0.15) is 0 Å². The Balaban J connectivity index is 1.66. The lowest BCUT2D eigenvalue weighted by atomic mass is 9.80. The number of nitrogens with one attached hydrogen (secondary N) is 1. The lowest BCUT2D eigenvalue weighted by Gasteiger charge is -2.27. The Morgan fingerprint density at radius 2 is 1.83 bits per heavy atom. The molecule has 2 aromatic rings. The Labute approximate surface area is 137 Å². The number of aliphatic imine (C=N–C) groups is 1. The monoisotopic (exact) mass is 308 g/mol. The first-order chi connectivity index (χ1) is 11.3. The summed E-state index contributed by atoms with van der Waals surface area (Å²) in [6.07, 6.45) is 7.84. The molecular weight excluding hydrogens is 284 g/mol. The molecule has 0 radical (unpaired) electrons. The van der Waals surface area contributed by atoms with Crippen molar-refractivity contribution in [3.05, 3.63) is 60.3 Å². The van der Waals surface area contributed by atoms with E-state index in [1.807, 2.05) is 18.2 Å². The molecule has 4 nitrogen and oxygen atoms in total. The molecule has 4 heteroatoms. The standard InChI is InChI=1S/C19H24N4/c20-18(23-17-10-4-7-13-21-17)22-15-19(11-5-6-12-19)14-16-8-2-1-3-9-16/h1-4,7-10,13H,5-6,11-12,14-15H2,(H3,20,21,22,23). The van der Waals surface area contributed by atoms with Crippen molar-refractivity contribution in [3.8, 4) is 0 Å². The third kappa shape index (κ3) is 4.31. The largest absolute Gasteiger partial charge is 0.370 e. The zero-order chi connectivity index (χ0) is 16.0. The third-order valence-electron chi connectivity index (χ3n) is 4.59. The highest BCUT2D eigenvalue weighted by atomic mass is 15.1. The van der Waals surface area contributed by atoms with Crippen LogP contribution < -0.4 is 11.1 Å². The molecule has 1 fully saturated rings. The van der Waals surface area contributed by atoms with Crippen LogP contribution in [0.3, 0.4) is 0 Å². The van der Waals surface area contributed by atoms with Crippen molar-refractivity contribution < 1.29 is 0 Å². The minimum atomic E-state index is 0.248. The minimum absolute atomic E-state index is 0.248. The van der Waals surface area contributed by atoms with Crippen molar-refractivity contribution in [3.63, 3.8) is 0 Å². The summed E-state index contributed by atoms with van der Waals surface area (Å²) in [5, 5.41) is 3.06. The molecule has 1 aromatic heterocycles. The summed E-state index contributed by atoms with van der Waals surface area (Å²) in [6.45, 7) is 0.771. The number of nitrogens with zero attached hydrogens (tertiary/aromatic N) is 2. The molecule has 1 aliphatic carbocycles. The number of pyridine rings is 1. The molecule has 120 valence electrons. The summed E-state index contributed by atoms with van der Waals surface area (Å²) >= 11 is 0. The molecule has 3 N–H and O–H groups in total. The number of aromatic nitrogens is 1. The summed E-state index contributed by atoms with van der Waals surface area (Å²) < 4.78 is 0. The Morgan fingerprint density at radius 1 is 1.09 bits per heavy atom. The van der Waals surface area contributed by atoms with Crippen LogP contribution in [0.25, 0.3) is 0 Å². The van der Waals surface area contributed by atoms with Gasteiger partial charge in [0.15, 0.2) is 5.96 Å². The van der Waals surface area contributed by atoms with Gasteiger partial charge in [0.25, 0.3) is 0 Å². The van der Waals surface area contributed by atoms with E-state index >= 15 is 0 Å². The van der Waals surface area contributed by atoms with Crippen molar-refractivity contribution in [2.45, 2.75) is 32.1 Å². The van der Waals surface area contributed by atoms with Gasteiger partial charge in [0, 0.05) is 12.7 Å². The maximum absolute atomic E-state index is 6.03. The first kappa shape index (κ1) is 15.5. The quantitative estimate of drug-likeness (QED) is 0.655. The molecule has 1 aromatic carbocycles. The first-order valence-corrected chi connectivity index (χ1v) is 8.28. The average molecular weight is 308 g/mol. The lowest BCUT2D eigenvalue weighted by Crippen LogP contribution is -2.29. The van der Waals surface area contributed by atoms with Gasteiger partial charge in [0.05, 0.1) is 0 Å². The van der Waals surface area contributed by atoms with Gasteiger partial charge in [0.2, 0.25) is 0 Å². The summed E-state index contributed by atoms with van der Waals surface area (Å²) in [6, 6.07) is 16.4. The highest BCUT2D eigenvalue weighted by Gasteiger charge is 2.33. The molecule has 3 rings (SSSR count). The highest BCUT2D eigenvalue weighted by molar-refractivity contribution is 5.91. The smallest absolute Gasteiger partial charge is 0.194 e. The second kappa shape index (κ2) is 7.27. The van der Waals surface area contributed by atoms with E-state index in [0.717, 1.165) is 18.8 Å². The molecule has 0 bridgehead atoms. The van der Waals surface area contributed by atoms with E-state index in [1.54, 1.807) is 6.20 Å². The SMILES string of the molecule is NC(=NCC1(Cc2ccccc2)CCCC1)Nc1ccccn1. The van der Waals surface area contributed by atoms with Crippen LogP contribution in [0.1, 0.15) is 31.2 Å². The number of benzene rings is 1. The third-order valence-corrected chi connectivity index (χ3v) is 4.59. The topological polar surface area (TPSA) is 63.3 Å². The molecule has 1 heterocycles. The molecule has 0 saturated heterocycles. The summed E-state index contributed by atoms with van der Waals surface area (Å²) in [5.74, 6) is 1.18. The van der Waals surface area contributed by atoms with Crippen molar-refractivity contribution in [2.75, 3.05) is 11.9 Å². The fourth-order valence-electron chi connectivity index (χ4n) is 3.40. The van der Waals surface area contributed by atoms with E-state index in [9.17, 15) is 0 Å². The maximum atomic E-state index is 6.03. The summed E-state index contributed by atoms with van der Waals surface area (Å²) in [5.41, 5.74) is 7.67. The number of rotatable bonds is 5. The van der Waals surface area contributed by atoms with E-state index in [0.29, 0.717) is 5.96 Å². The first-order valence-electron chi connectivity index (χ1n) is 8.28. The fraction of sp³-hybridized carbons (Fsp3) is 0.368. The van der Waals surface area contributed by atoms with Crippen molar-refractivity contribution in [2.24, 2.45) is 16.1 Å². The number of guanidine groups is 1. The fourth-order valence-corrected chi connectivity index (χ4v) is 3.40. The predicted molar refractivity (Wildman–Crippen MR) is 95.4 cm³/mol. The second-order valence-corrected chi connectivity index (χ2v) is 6.41. The molecule has 0 spiro atoms. The van der Waals surface area contributed by atoms with Gasteiger partial charge in [-0.15, -0.1) is 0 Å². The van der Waals surface area contributed by atoms with E-state index in [2.05, 4.69) is 45.6 Å². The lowest BCUT2D eigenvalue weighted by molar-refractivity contribution is 0.307. The highest BCUT2D eigenvalue weighted by Crippen LogP contribution is 2.41. The van der Waals surface area contributed by atoms with E-state index < -0.39 is 0 Å². The number of anilines is 1. The number of nitrogens with two attached hydrogens (primary N) is 1. The predicted octanol–water partition coefficient (Wildman–Crippen LogP) is 3.61. The van der Waals surface area contributed by atoms with Gasteiger partial charge < -0.3 is 11.1 Å². The van der Waals surface area contributed by atoms with Gasteiger partial charge in [0.1, 0.15) is 5.82 Å². The van der Waals surface area contributed by atoms with Gasteiger partial charge in [-0.3, -0.25) is 4.99 Å². The van der Waals surface area contributed by atoms with E-state index in [1.165, 1.54) is 31.2 Å². The Kier molecular flexibility index (Phi) is 4.91. The van der Waals surface area contributed by atoms with Crippen LogP contribution >= 0.6 is 0 Å². The van der Waals surface area contributed by atoms with Gasteiger partial charge in [-0.05, 0) is 42.4 Å². The summed E-state index contributed by atoms with van der Waals surface area (Å²) in [4.78, 5) is 8.82. The van der Waals surface area contributed by atoms with Crippen LogP contribution in [-0.2, 0) is 6.42 Å². The zero-order valence-corrected chi connectivity index (χ0v) is 13.4. The van der Waals surface area contributed by atoms with Crippen LogP contribution in [0.15, 0.2) is 59.7 Å².